The molecule has 0 N–H and O–H groups in total. The predicted molar refractivity (Wildman–Crippen MR) is 124 cm³/mol. The Kier molecular flexibility index (Phi) is 7.15. The Morgan fingerprint density at radius 1 is 0.719 bits per heavy atom. The van der Waals surface area contributed by atoms with Gasteiger partial charge in [0, 0.05) is 11.6 Å². The zero-order chi connectivity index (χ0) is 23.3. The van der Waals surface area contributed by atoms with Crippen molar-refractivity contribution in [3.8, 4) is 23.0 Å². The molecule has 0 saturated carbocycles. The molecule has 0 spiro atoms. The van der Waals surface area contributed by atoms with Gasteiger partial charge >= 0.3 is 0 Å². The summed E-state index contributed by atoms with van der Waals surface area (Å²) in [5, 5.41) is 0. The topological polar surface area (TPSA) is 74.3 Å². The van der Waals surface area contributed by atoms with E-state index < -0.39 is 16.1 Å². The second kappa shape index (κ2) is 9.82. The molecule has 1 unspecified atom stereocenters. The predicted octanol–water partition coefficient (Wildman–Crippen LogP) is 4.68. The van der Waals surface area contributed by atoms with Gasteiger partial charge in [-0.25, -0.2) is 8.42 Å². The van der Waals surface area contributed by atoms with Gasteiger partial charge in [0.1, 0.15) is 23.0 Å². The first-order valence-corrected chi connectivity index (χ1v) is 11.3. The normalized spacial score (nSPS) is 12.0. The van der Waals surface area contributed by atoms with Crippen LogP contribution in [-0.2, 0) is 10.0 Å². The van der Waals surface area contributed by atoms with E-state index in [-0.39, 0.29) is 4.90 Å². The summed E-state index contributed by atoms with van der Waals surface area (Å²) in [7, 11) is 2.21. The lowest BCUT2D eigenvalue weighted by atomic mass is 10.1. The summed E-state index contributed by atoms with van der Waals surface area (Å²) in [4.78, 5) is 0.134. The van der Waals surface area contributed by atoms with Crippen molar-refractivity contribution in [1.82, 2.24) is 0 Å². The van der Waals surface area contributed by atoms with E-state index in [1.807, 2.05) is 0 Å². The van der Waals surface area contributed by atoms with Crippen LogP contribution in [-0.4, -0.2) is 36.9 Å². The van der Waals surface area contributed by atoms with Crippen LogP contribution in [0.2, 0.25) is 0 Å². The summed E-state index contributed by atoms with van der Waals surface area (Å²) in [5.74, 6) is 2.26. The van der Waals surface area contributed by atoms with Gasteiger partial charge in [-0.15, -0.1) is 0 Å². The van der Waals surface area contributed by atoms with E-state index in [9.17, 15) is 8.42 Å². The van der Waals surface area contributed by atoms with Crippen molar-refractivity contribution in [2.45, 2.75) is 17.9 Å². The molecule has 0 heterocycles. The Balaban J connectivity index is 2.21. The van der Waals surface area contributed by atoms with Crippen LogP contribution >= 0.6 is 0 Å². The standard InChI is InChI=1S/C24H27NO6S/c1-17(23-16-21(30-4)11-14-24(23)31-5)25(18-7-6-8-20(15-18)29-3)32(26,27)22-12-9-19(28-2)10-13-22/h6-17H,1-5H3. The third-order valence-electron chi connectivity index (χ3n) is 5.16. The summed E-state index contributed by atoms with van der Waals surface area (Å²) >= 11 is 0. The van der Waals surface area contributed by atoms with Crippen LogP contribution in [0.5, 0.6) is 23.0 Å². The molecule has 1 atom stereocenters. The quantitative estimate of drug-likeness (QED) is 0.465. The van der Waals surface area contributed by atoms with Crippen LogP contribution in [0.1, 0.15) is 18.5 Å². The van der Waals surface area contributed by atoms with Gasteiger partial charge in [-0.3, -0.25) is 4.31 Å². The molecular weight excluding hydrogens is 430 g/mol. The van der Waals surface area contributed by atoms with E-state index >= 15 is 0 Å². The SMILES string of the molecule is COc1ccc(S(=O)(=O)N(c2cccc(OC)c2)C(C)c2cc(OC)ccc2OC)cc1. The summed E-state index contributed by atoms with van der Waals surface area (Å²) in [6.07, 6.45) is 0. The van der Waals surface area contributed by atoms with Crippen LogP contribution in [0, 0.1) is 0 Å². The molecule has 0 amide bonds. The van der Waals surface area contributed by atoms with Crippen molar-refractivity contribution in [2.24, 2.45) is 0 Å². The zero-order valence-corrected chi connectivity index (χ0v) is 19.5. The Hall–Kier alpha value is -3.39. The van der Waals surface area contributed by atoms with Gasteiger partial charge in [0.25, 0.3) is 10.0 Å². The van der Waals surface area contributed by atoms with Crippen molar-refractivity contribution in [3.05, 3.63) is 72.3 Å². The third-order valence-corrected chi connectivity index (χ3v) is 7.08. The van der Waals surface area contributed by atoms with Gasteiger partial charge in [-0.2, -0.15) is 0 Å². The largest absolute Gasteiger partial charge is 0.497 e. The van der Waals surface area contributed by atoms with Gasteiger partial charge in [0.2, 0.25) is 0 Å². The molecule has 0 aromatic heterocycles. The smallest absolute Gasteiger partial charge is 0.264 e. The minimum atomic E-state index is -3.97. The highest BCUT2D eigenvalue weighted by Crippen LogP contribution is 2.39. The molecule has 32 heavy (non-hydrogen) atoms. The molecule has 0 radical (unpaired) electrons. The monoisotopic (exact) mass is 457 g/mol. The van der Waals surface area contributed by atoms with Crippen LogP contribution in [0.15, 0.2) is 71.6 Å². The number of anilines is 1. The number of sulfonamides is 1. The summed E-state index contributed by atoms with van der Waals surface area (Å²) in [6.45, 7) is 1.80. The maximum atomic E-state index is 13.9. The fraction of sp³-hybridized carbons (Fsp3) is 0.250. The fourth-order valence-electron chi connectivity index (χ4n) is 3.47. The fourth-order valence-corrected chi connectivity index (χ4v) is 5.10. The molecule has 0 aliphatic carbocycles. The summed E-state index contributed by atoms with van der Waals surface area (Å²) < 4.78 is 50.5. The van der Waals surface area contributed by atoms with Gasteiger partial charge < -0.3 is 18.9 Å². The second-order valence-corrected chi connectivity index (χ2v) is 8.78. The molecule has 3 aromatic rings. The third kappa shape index (κ3) is 4.60. The lowest BCUT2D eigenvalue weighted by Gasteiger charge is -2.32. The first-order chi connectivity index (χ1) is 15.3. The number of rotatable bonds is 9. The molecule has 3 aromatic carbocycles. The molecule has 0 aliphatic heterocycles. The maximum absolute atomic E-state index is 13.9. The highest BCUT2D eigenvalue weighted by molar-refractivity contribution is 7.92. The van der Waals surface area contributed by atoms with Gasteiger partial charge in [0.15, 0.2) is 0 Å². The number of benzene rings is 3. The van der Waals surface area contributed by atoms with E-state index in [0.29, 0.717) is 34.2 Å². The Bertz CT molecular complexity index is 1160. The summed E-state index contributed by atoms with van der Waals surface area (Å²) in [6, 6.07) is 17.9. The van der Waals surface area contributed by atoms with Gasteiger partial charge in [-0.05, 0) is 61.5 Å². The van der Waals surface area contributed by atoms with Crippen molar-refractivity contribution in [2.75, 3.05) is 32.7 Å². The molecule has 0 bridgehead atoms. The molecule has 7 nitrogen and oxygen atoms in total. The Morgan fingerprint density at radius 2 is 1.31 bits per heavy atom. The van der Waals surface area contributed by atoms with Crippen molar-refractivity contribution in [3.63, 3.8) is 0 Å². The Labute approximate surface area is 189 Å². The minimum absolute atomic E-state index is 0.134. The van der Waals surface area contributed by atoms with Crippen LogP contribution in [0.3, 0.4) is 0 Å². The zero-order valence-electron chi connectivity index (χ0n) is 18.7. The van der Waals surface area contributed by atoms with E-state index in [2.05, 4.69) is 0 Å². The number of hydrogen-bond donors (Lipinski definition) is 0. The van der Waals surface area contributed by atoms with Crippen molar-refractivity contribution >= 4 is 15.7 Å². The number of hydrogen-bond acceptors (Lipinski definition) is 6. The summed E-state index contributed by atoms with van der Waals surface area (Å²) in [5.41, 5.74) is 1.12. The second-order valence-electron chi connectivity index (χ2n) is 6.96. The molecule has 0 saturated heterocycles. The highest BCUT2D eigenvalue weighted by atomic mass is 32.2. The molecule has 0 aliphatic rings. The number of ether oxygens (including phenoxy) is 4. The van der Waals surface area contributed by atoms with E-state index in [4.69, 9.17) is 18.9 Å². The molecule has 0 fully saturated rings. The molecule has 8 heteroatoms. The Morgan fingerprint density at radius 3 is 1.91 bits per heavy atom. The molecule has 3 rings (SSSR count). The van der Waals surface area contributed by atoms with Crippen LogP contribution in [0.25, 0.3) is 0 Å². The van der Waals surface area contributed by atoms with Crippen molar-refractivity contribution in [1.29, 1.82) is 0 Å². The number of methoxy groups -OCH3 is 4. The van der Waals surface area contributed by atoms with E-state index in [1.165, 1.54) is 30.7 Å². The number of nitrogens with zero attached hydrogens (tertiary/aromatic N) is 1. The molecular formula is C24H27NO6S. The first-order valence-electron chi connectivity index (χ1n) is 9.90. The highest BCUT2D eigenvalue weighted by Gasteiger charge is 2.32. The van der Waals surface area contributed by atoms with Crippen molar-refractivity contribution < 1.29 is 27.4 Å². The lowest BCUT2D eigenvalue weighted by molar-refractivity contribution is 0.396. The first kappa shape index (κ1) is 23.3. The van der Waals surface area contributed by atoms with Gasteiger partial charge in [0.05, 0.1) is 45.1 Å². The van der Waals surface area contributed by atoms with E-state index in [0.717, 1.165) is 0 Å². The van der Waals surface area contributed by atoms with Crippen LogP contribution < -0.4 is 23.3 Å². The maximum Gasteiger partial charge on any atom is 0.264 e. The van der Waals surface area contributed by atoms with Crippen LogP contribution in [0.4, 0.5) is 5.69 Å². The van der Waals surface area contributed by atoms with Gasteiger partial charge in [-0.1, -0.05) is 6.07 Å². The average Bonchev–Trinajstić information content (AvgIpc) is 2.83. The van der Waals surface area contributed by atoms with E-state index in [1.54, 1.807) is 75.7 Å². The average molecular weight is 458 g/mol. The minimum Gasteiger partial charge on any atom is -0.497 e. The lowest BCUT2D eigenvalue weighted by Crippen LogP contribution is -2.34. The molecule has 170 valence electrons.